The van der Waals surface area contributed by atoms with E-state index >= 15 is 0 Å². The highest BCUT2D eigenvalue weighted by Crippen LogP contribution is 2.33. The van der Waals surface area contributed by atoms with Gasteiger partial charge in [-0.1, -0.05) is 30.0 Å². The van der Waals surface area contributed by atoms with Gasteiger partial charge in [0.25, 0.3) is 11.7 Å². The van der Waals surface area contributed by atoms with Crippen molar-refractivity contribution in [2.45, 2.75) is 82.5 Å². The molecule has 0 saturated carbocycles. The number of halogens is 3. The summed E-state index contributed by atoms with van der Waals surface area (Å²) >= 11 is 0. The molecule has 268 valence electrons. The molecule has 3 aliphatic heterocycles. The maximum absolute atomic E-state index is 13.3. The van der Waals surface area contributed by atoms with Crippen molar-refractivity contribution in [1.82, 2.24) is 30.0 Å². The molecular formula is C37H40F3N7O4. The fraction of sp³-hybridized carbons (Fsp3) is 0.459. The van der Waals surface area contributed by atoms with Gasteiger partial charge in [0.05, 0.1) is 6.61 Å². The molecule has 2 amide bonds. The van der Waals surface area contributed by atoms with E-state index in [1.165, 1.54) is 17.5 Å². The molecule has 1 unspecified atom stereocenters. The number of likely N-dealkylation sites (tertiary alicyclic amines) is 1. The van der Waals surface area contributed by atoms with Crippen molar-refractivity contribution in [1.29, 1.82) is 0 Å². The van der Waals surface area contributed by atoms with Crippen molar-refractivity contribution < 1.29 is 32.3 Å². The molecule has 0 bridgehead atoms. The molecule has 1 N–H and O–H groups in total. The van der Waals surface area contributed by atoms with Gasteiger partial charge in [0.2, 0.25) is 5.91 Å². The fourth-order valence-electron chi connectivity index (χ4n) is 6.87. The summed E-state index contributed by atoms with van der Waals surface area (Å²) in [4.78, 5) is 40.1. The zero-order valence-electron chi connectivity index (χ0n) is 28.4. The number of benzene rings is 2. The molecule has 6 rings (SSSR count). The average molecular weight is 704 g/mol. The smallest absolute Gasteiger partial charge is 0.453 e. The first-order valence-electron chi connectivity index (χ1n) is 17.3. The highest BCUT2D eigenvalue weighted by atomic mass is 19.4. The van der Waals surface area contributed by atoms with E-state index in [0.717, 1.165) is 53.5 Å². The monoisotopic (exact) mass is 703 g/mol. The van der Waals surface area contributed by atoms with Crippen LogP contribution in [-0.4, -0.2) is 81.4 Å². The summed E-state index contributed by atoms with van der Waals surface area (Å²) < 4.78 is 46.7. The zero-order chi connectivity index (χ0) is 36.0. The van der Waals surface area contributed by atoms with Crippen molar-refractivity contribution >= 4 is 23.9 Å². The second-order valence-electron chi connectivity index (χ2n) is 12.8. The van der Waals surface area contributed by atoms with Crippen molar-refractivity contribution in [3.8, 4) is 17.6 Å². The molecule has 0 spiro atoms. The molecule has 1 saturated heterocycles. The number of nitrogens with one attached hydrogen (secondary N) is 1. The minimum atomic E-state index is -4.60. The Hall–Kier alpha value is -5.19. The first-order chi connectivity index (χ1) is 24.7. The highest BCUT2D eigenvalue weighted by Gasteiger charge is 2.40. The number of amidine groups is 1. The number of alkyl halides is 3. The highest BCUT2D eigenvalue weighted by molar-refractivity contribution is 6.01. The predicted molar refractivity (Wildman–Crippen MR) is 182 cm³/mol. The van der Waals surface area contributed by atoms with E-state index in [-0.39, 0.29) is 37.0 Å². The maximum atomic E-state index is 13.3. The van der Waals surface area contributed by atoms with E-state index in [4.69, 9.17) is 4.74 Å². The van der Waals surface area contributed by atoms with Gasteiger partial charge in [0.1, 0.15) is 23.9 Å². The van der Waals surface area contributed by atoms with Crippen LogP contribution in [0.4, 0.5) is 13.2 Å². The van der Waals surface area contributed by atoms with Crippen LogP contribution in [0.5, 0.6) is 5.75 Å². The van der Waals surface area contributed by atoms with Crippen molar-refractivity contribution in [3.63, 3.8) is 0 Å². The van der Waals surface area contributed by atoms with Crippen molar-refractivity contribution in [2.75, 3.05) is 26.7 Å². The summed E-state index contributed by atoms with van der Waals surface area (Å²) in [5.74, 6) is 6.84. The second-order valence-corrected chi connectivity index (χ2v) is 12.8. The van der Waals surface area contributed by atoms with Gasteiger partial charge < -0.3 is 24.6 Å². The Morgan fingerprint density at radius 2 is 1.88 bits per heavy atom. The van der Waals surface area contributed by atoms with Gasteiger partial charge in [-0.25, -0.2) is 0 Å². The normalized spacial score (nSPS) is 16.5. The molecule has 3 aromatic rings. The van der Waals surface area contributed by atoms with Gasteiger partial charge in [-0.05, 0) is 73.4 Å². The van der Waals surface area contributed by atoms with Crippen LogP contribution in [0.2, 0.25) is 0 Å². The molecule has 1 aromatic heterocycles. The number of amides is 2. The fourth-order valence-corrected chi connectivity index (χ4v) is 6.87. The standard InChI is InChI=1S/C37H40F3N7O4/c1-41-34(49)31(11-7-22-48)46-24-30-27(9-6-10-29(30)35(46)50)8-4-2-3-5-23-51-28-14-12-25(13-15-28)26-18-20-45(21-19-26)33-17-16-32-42-43-36(37(38,39)40)47(32)44-33/h6,9-10,12-15,22,26,31H,2-3,5,7,11,16-21,23-24H2,1H3,(H,41,49). The van der Waals surface area contributed by atoms with Crippen LogP contribution >= 0.6 is 0 Å². The van der Waals surface area contributed by atoms with E-state index in [9.17, 15) is 27.6 Å². The Morgan fingerprint density at radius 3 is 2.61 bits per heavy atom. The number of ether oxygens (including phenoxy) is 1. The molecule has 1 fully saturated rings. The minimum Gasteiger partial charge on any atom is -0.494 e. The lowest BCUT2D eigenvalue weighted by Crippen LogP contribution is -2.46. The number of fused-ring (bicyclic) bond motifs is 2. The third kappa shape index (κ3) is 8.08. The van der Waals surface area contributed by atoms with Gasteiger partial charge in [-0.15, -0.1) is 10.2 Å². The lowest BCUT2D eigenvalue weighted by Gasteiger charge is -2.35. The van der Waals surface area contributed by atoms with Crippen molar-refractivity contribution in [2.24, 2.45) is 5.10 Å². The van der Waals surface area contributed by atoms with Crippen LogP contribution in [0.1, 0.15) is 96.0 Å². The zero-order valence-corrected chi connectivity index (χ0v) is 28.4. The molecule has 14 heteroatoms. The van der Waals surface area contributed by atoms with Crippen LogP contribution < -0.4 is 10.1 Å². The summed E-state index contributed by atoms with van der Waals surface area (Å²) in [7, 11) is 1.52. The van der Waals surface area contributed by atoms with Gasteiger partial charge in [-0.2, -0.15) is 22.9 Å². The molecule has 1 atom stereocenters. The van der Waals surface area contributed by atoms with Crippen LogP contribution in [0.25, 0.3) is 0 Å². The quantitative estimate of drug-likeness (QED) is 0.171. The number of carbonyl (C=O) groups is 3. The minimum absolute atomic E-state index is 0.189. The van der Waals surface area contributed by atoms with E-state index in [0.29, 0.717) is 56.3 Å². The van der Waals surface area contributed by atoms with Crippen LogP contribution in [0.3, 0.4) is 0 Å². The number of rotatable bonds is 11. The number of aldehydes is 1. The number of nitrogens with zero attached hydrogens (tertiary/aromatic N) is 6. The largest absolute Gasteiger partial charge is 0.494 e. The molecule has 0 radical (unpaired) electrons. The van der Waals surface area contributed by atoms with E-state index in [2.05, 4.69) is 49.5 Å². The van der Waals surface area contributed by atoms with Crippen LogP contribution in [0, 0.1) is 11.8 Å². The second kappa shape index (κ2) is 15.8. The molecule has 3 aliphatic rings. The van der Waals surface area contributed by atoms with Gasteiger partial charge >= 0.3 is 6.18 Å². The Bertz CT molecular complexity index is 1840. The number of carbonyl (C=O) groups excluding carboxylic acids is 3. The Balaban J connectivity index is 0.934. The summed E-state index contributed by atoms with van der Waals surface area (Å²) in [6.07, 6.45) is 1.61. The topological polar surface area (TPSA) is 122 Å². The van der Waals surface area contributed by atoms with Gasteiger partial charge in [0, 0.05) is 63.5 Å². The Labute approximate surface area is 294 Å². The SMILES string of the molecule is CNC(=O)C(CCC=O)N1Cc2c(C#CCCCCOc3ccc(C4CCN(C5=Nn6c(nnc6C(F)(F)F)CC5)CC4)cc3)cccc2C1=O. The molecule has 11 nitrogen and oxygen atoms in total. The van der Waals surface area contributed by atoms with Crippen molar-refractivity contribution in [3.05, 3.63) is 76.4 Å². The third-order valence-corrected chi connectivity index (χ3v) is 9.62. The molecule has 0 aliphatic carbocycles. The third-order valence-electron chi connectivity index (χ3n) is 9.62. The van der Waals surface area contributed by atoms with Gasteiger partial charge in [-0.3, -0.25) is 9.59 Å². The number of aromatic nitrogens is 3. The molecular weight excluding hydrogens is 663 g/mol. The van der Waals surface area contributed by atoms with Crippen LogP contribution in [-0.2, 0) is 28.7 Å². The number of hydrogen-bond acceptors (Lipinski definition) is 8. The molecule has 4 heterocycles. The lowest BCUT2D eigenvalue weighted by atomic mass is 9.89. The summed E-state index contributed by atoms with van der Waals surface area (Å²) in [5, 5.41) is 13.8. The van der Waals surface area contributed by atoms with E-state index in [1.807, 2.05) is 18.2 Å². The van der Waals surface area contributed by atoms with Gasteiger partial charge in [0.15, 0.2) is 5.82 Å². The first kappa shape index (κ1) is 35.6. The Morgan fingerprint density at radius 1 is 1.10 bits per heavy atom. The summed E-state index contributed by atoms with van der Waals surface area (Å²) in [6, 6.07) is 12.8. The first-order valence-corrected chi connectivity index (χ1v) is 17.3. The number of likely N-dealkylation sites (N-methyl/N-ethyl adjacent to an activating group) is 1. The van der Waals surface area contributed by atoms with Crippen LogP contribution in [0.15, 0.2) is 47.6 Å². The average Bonchev–Trinajstić information content (AvgIpc) is 3.73. The Kier molecular flexibility index (Phi) is 11.0. The molecule has 51 heavy (non-hydrogen) atoms. The predicted octanol–water partition coefficient (Wildman–Crippen LogP) is 4.93. The number of piperidine rings is 1. The summed E-state index contributed by atoms with van der Waals surface area (Å²) in [5.41, 5.74) is 3.33. The van der Waals surface area contributed by atoms with E-state index in [1.54, 1.807) is 12.1 Å². The molecule has 2 aromatic carbocycles. The number of aryl methyl sites for hydroxylation is 1. The summed E-state index contributed by atoms with van der Waals surface area (Å²) in [6.45, 7) is 2.26. The van der Waals surface area contributed by atoms with E-state index < -0.39 is 18.0 Å². The number of unbranched alkanes of at least 4 members (excludes halogenated alkanes) is 2. The number of hydrogen-bond donors (Lipinski definition) is 1. The lowest BCUT2D eigenvalue weighted by molar-refractivity contribution is -0.147. The maximum Gasteiger partial charge on any atom is 0.453 e.